The summed E-state index contributed by atoms with van der Waals surface area (Å²) in [6.07, 6.45) is 0. The minimum absolute atomic E-state index is 0.109. The van der Waals surface area contributed by atoms with Crippen LogP contribution in [-0.4, -0.2) is 95.8 Å². The maximum atomic E-state index is 13.8. The SMILES string of the molecule is CCN(CC)c1ccc(C(=O)c2ccccc2C(=O)N2CCN(C(=O)c3ccccc3C(=O)c3ccc(N(CC)CC)cc3O)CC2)c(O)c1. The number of carbonyl (C=O) groups excluding carboxylic acids is 4. The molecular weight excluding hydrogens is 632 g/mol. The molecule has 2 N–H and O–H groups in total. The van der Waals surface area contributed by atoms with Crippen molar-refractivity contribution in [1.29, 1.82) is 0 Å². The Hall–Kier alpha value is -5.64. The zero-order chi connectivity index (χ0) is 35.9. The number of nitrogens with zero attached hydrogens (tertiary/aromatic N) is 4. The molecule has 0 atom stereocenters. The van der Waals surface area contributed by atoms with Gasteiger partial charge in [0.1, 0.15) is 11.5 Å². The lowest BCUT2D eigenvalue weighted by molar-refractivity contribution is 0.0533. The number of phenolic OH excluding ortho intramolecular Hbond substituents is 2. The maximum Gasteiger partial charge on any atom is 0.254 e. The smallest absolute Gasteiger partial charge is 0.254 e. The number of rotatable bonds is 12. The van der Waals surface area contributed by atoms with E-state index in [9.17, 15) is 29.4 Å². The van der Waals surface area contributed by atoms with E-state index in [0.717, 1.165) is 37.6 Å². The van der Waals surface area contributed by atoms with E-state index < -0.39 is 11.6 Å². The molecule has 50 heavy (non-hydrogen) atoms. The average molecular weight is 677 g/mol. The molecule has 4 aromatic carbocycles. The van der Waals surface area contributed by atoms with Crippen molar-refractivity contribution >= 4 is 34.8 Å². The Kier molecular flexibility index (Phi) is 11.2. The van der Waals surface area contributed by atoms with Gasteiger partial charge in [-0.25, -0.2) is 0 Å². The van der Waals surface area contributed by atoms with E-state index in [1.165, 1.54) is 0 Å². The molecule has 2 amide bonds. The number of aromatic hydroxyl groups is 2. The number of ketones is 2. The second-order valence-corrected chi connectivity index (χ2v) is 12.1. The first-order valence-electron chi connectivity index (χ1n) is 17.1. The van der Waals surface area contributed by atoms with Gasteiger partial charge in [0.15, 0.2) is 11.6 Å². The van der Waals surface area contributed by atoms with Crippen molar-refractivity contribution in [3.05, 3.63) is 118 Å². The van der Waals surface area contributed by atoms with Gasteiger partial charge < -0.3 is 29.8 Å². The Morgan fingerprint density at radius 2 is 0.820 bits per heavy atom. The molecule has 0 radical (unpaired) electrons. The number of hydrogen-bond acceptors (Lipinski definition) is 8. The van der Waals surface area contributed by atoms with Crippen LogP contribution < -0.4 is 9.80 Å². The van der Waals surface area contributed by atoms with Gasteiger partial charge in [-0.05, 0) is 64.1 Å². The van der Waals surface area contributed by atoms with Crippen LogP contribution in [-0.2, 0) is 0 Å². The second kappa shape index (κ2) is 15.7. The number of anilines is 2. The van der Waals surface area contributed by atoms with Crippen molar-refractivity contribution in [2.24, 2.45) is 0 Å². The molecule has 1 fully saturated rings. The molecule has 0 aromatic heterocycles. The van der Waals surface area contributed by atoms with E-state index in [2.05, 4.69) is 9.80 Å². The molecule has 1 heterocycles. The van der Waals surface area contributed by atoms with Crippen LogP contribution in [0.5, 0.6) is 11.5 Å². The van der Waals surface area contributed by atoms with Crippen LogP contribution in [0.1, 0.15) is 80.3 Å². The van der Waals surface area contributed by atoms with E-state index in [1.807, 2.05) is 27.7 Å². The molecule has 1 saturated heterocycles. The molecule has 10 heteroatoms. The molecule has 0 unspecified atom stereocenters. The van der Waals surface area contributed by atoms with Crippen LogP contribution in [0.3, 0.4) is 0 Å². The van der Waals surface area contributed by atoms with Crippen LogP contribution in [0.25, 0.3) is 0 Å². The number of hydrogen-bond donors (Lipinski definition) is 2. The summed E-state index contributed by atoms with van der Waals surface area (Å²) < 4.78 is 0. The van der Waals surface area contributed by atoms with Gasteiger partial charge in [0.05, 0.1) is 22.3 Å². The highest BCUT2D eigenvalue weighted by molar-refractivity contribution is 6.17. The first-order chi connectivity index (χ1) is 24.1. The van der Waals surface area contributed by atoms with Crippen molar-refractivity contribution in [2.45, 2.75) is 27.7 Å². The largest absolute Gasteiger partial charge is 0.507 e. The molecular formula is C40H44N4O6. The van der Waals surface area contributed by atoms with Crippen molar-refractivity contribution in [3.8, 4) is 11.5 Å². The van der Waals surface area contributed by atoms with Gasteiger partial charge in [0.25, 0.3) is 11.8 Å². The summed E-state index contributed by atoms with van der Waals surface area (Å²) in [5, 5.41) is 21.6. The van der Waals surface area contributed by atoms with E-state index in [1.54, 1.807) is 94.7 Å². The Balaban J connectivity index is 1.30. The summed E-state index contributed by atoms with van der Waals surface area (Å²) in [5.74, 6) is -1.92. The molecule has 1 aliphatic heterocycles. The summed E-state index contributed by atoms with van der Waals surface area (Å²) in [5.41, 5.74) is 2.62. The van der Waals surface area contributed by atoms with Crippen LogP contribution in [0.15, 0.2) is 84.9 Å². The lowest BCUT2D eigenvalue weighted by Crippen LogP contribution is -2.51. The summed E-state index contributed by atoms with van der Waals surface area (Å²) in [7, 11) is 0. The fraction of sp³-hybridized carbons (Fsp3) is 0.300. The van der Waals surface area contributed by atoms with E-state index >= 15 is 0 Å². The van der Waals surface area contributed by atoms with Crippen molar-refractivity contribution in [2.75, 3.05) is 62.2 Å². The summed E-state index contributed by atoms with van der Waals surface area (Å²) in [6, 6.07) is 23.0. The van der Waals surface area contributed by atoms with Gasteiger partial charge in [0.2, 0.25) is 0 Å². The van der Waals surface area contributed by atoms with Crippen molar-refractivity contribution < 1.29 is 29.4 Å². The van der Waals surface area contributed by atoms with Crippen molar-refractivity contribution in [3.63, 3.8) is 0 Å². The normalized spacial score (nSPS) is 12.8. The molecule has 5 rings (SSSR count). The van der Waals surface area contributed by atoms with Gasteiger partial charge in [0, 0.05) is 87.0 Å². The predicted molar refractivity (Wildman–Crippen MR) is 195 cm³/mol. The first-order valence-corrected chi connectivity index (χ1v) is 17.1. The molecule has 0 bridgehead atoms. The monoisotopic (exact) mass is 676 g/mol. The van der Waals surface area contributed by atoms with Gasteiger partial charge in [-0.15, -0.1) is 0 Å². The number of phenols is 2. The van der Waals surface area contributed by atoms with Crippen LogP contribution in [0.4, 0.5) is 11.4 Å². The quantitative estimate of drug-likeness (QED) is 0.179. The molecule has 260 valence electrons. The van der Waals surface area contributed by atoms with E-state index in [-0.39, 0.29) is 82.9 Å². The number of carbonyl (C=O) groups is 4. The zero-order valence-electron chi connectivity index (χ0n) is 29.1. The standard InChI is InChI=1S/C40H44N4O6/c1-5-41(6-2)27-17-19-33(35(45)25-27)37(47)29-13-9-11-15-31(29)39(49)43-21-23-44(24-22-43)40(50)32-16-12-10-14-30(32)38(48)34-20-18-28(26-36(34)46)42(7-3)8-4/h9-20,25-26,45-46H,5-8,21-24H2,1-4H3. The zero-order valence-corrected chi connectivity index (χ0v) is 29.1. The van der Waals surface area contributed by atoms with Gasteiger partial charge in [-0.1, -0.05) is 36.4 Å². The summed E-state index contributed by atoms with van der Waals surface area (Å²) in [6.45, 7) is 11.9. The van der Waals surface area contributed by atoms with E-state index in [0.29, 0.717) is 0 Å². The lowest BCUT2D eigenvalue weighted by atomic mass is 9.96. The highest BCUT2D eigenvalue weighted by Gasteiger charge is 2.30. The molecule has 0 saturated carbocycles. The third-order valence-corrected chi connectivity index (χ3v) is 9.37. The molecule has 0 aliphatic carbocycles. The second-order valence-electron chi connectivity index (χ2n) is 12.1. The predicted octanol–water partition coefficient (Wildman–Crippen LogP) is 5.85. The topological polar surface area (TPSA) is 122 Å². The third kappa shape index (κ3) is 7.19. The van der Waals surface area contributed by atoms with E-state index in [4.69, 9.17) is 0 Å². The van der Waals surface area contributed by atoms with Gasteiger partial charge >= 0.3 is 0 Å². The Morgan fingerprint density at radius 3 is 1.12 bits per heavy atom. The highest BCUT2D eigenvalue weighted by Crippen LogP contribution is 2.30. The molecule has 10 nitrogen and oxygen atoms in total. The Bertz CT molecular complexity index is 1750. The minimum atomic E-state index is -0.457. The van der Waals surface area contributed by atoms with Gasteiger partial charge in [-0.2, -0.15) is 0 Å². The Labute approximate surface area is 293 Å². The van der Waals surface area contributed by atoms with Crippen LogP contribution in [0, 0.1) is 0 Å². The fourth-order valence-corrected chi connectivity index (χ4v) is 6.47. The average Bonchev–Trinajstić information content (AvgIpc) is 3.15. The number of benzene rings is 4. The number of piperazine rings is 1. The molecule has 1 aliphatic rings. The first kappa shape index (κ1) is 35.7. The highest BCUT2D eigenvalue weighted by atomic mass is 16.3. The van der Waals surface area contributed by atoms with Crippen molar-refractivity contribution in [1.82, 2.24) is 9.80 Å². The lowest BCUT2D eigenvalue weighted by Gasteiger charge is -2.35. The molecule has 4 aromatic rings. The van der Waals surface area contributed by atoms with Gasteiger partial charge in [-0.3, -0.25) is 19.2 Å². The van der Waals surface area contributed by atoms with Crippen LogP contribution in [0.2, 0.25) is 0 Å². The molecule has 0 spiro atoms. The summed E-state index contributed by atoms with van der Waals surface area (Å²) in [4.78, 5) is 62.1. The minimum Gasteiger partial charge on any atom is -0.507 e. The van der Waals surface area contributed by atoms with Crippen LogP contribution >= 0.6 is 0 Å². The summed E-state index contributed by atoms with van der Waals surface area (Å²) >= 11 is 0. The number of amides is 2. The third-order valence-electron chi connectivity index (χ3n) is 9.37. The Morgan fingerprint density at radius 1 is 0.500 bits per heavy atom. The fourth-order valence-electron chi connectivity index (χ4n) is 6.47. The maximum absolute atomic E-state index is 13.8.